The first-order chi connectivity index (χ1) is 6.69. The molecule has 2 heteroatoms. The van der Waals surface area contributed by atoms with Gasteiger partial charge in [-0.3, -0.25) is 4.79 Å². The molecule has 0 radical (unpaired) electrons. The fourth-order valence-electron chi connectivity index (χ4n) is 1.41. The van der Waals surface area contributed by atoms with E-state index in [1.54, 1.807) is 6.08 Å². The van der Waals surface area contributed by atoms with Gasteiger partial charge in [-0.1, -0.05) is 31.2 Å². The molecule has 14 heavy (non-hydrogen) atoms. The van der Waals surface area contributed by atoms with Gasteiger partial charge in [0.1, 0.15) is 0 Å². The molecule has 76 valence electrons. The molecule has 0 aromatic rings. The van der Waals surface area contributed by atoms with Crippen molar-refractivity contribution in [2.75, 3.05) is 6.54 Å². The largest absolute Gasteiger partial charge is 0.352 e. The first-order valence-electron chi connectivity index (χ1n) is 5.00. The van der Waals surface area contributed by atoms with Crippen molar-refractivity contribution >= 4 is 5.91 Å². The smallest absolute Gasteiger partial charge is 0.251 e. The van der Waals surface area contributed by atoms with E-state index in [2.05, 4.69) is 18.8 Å². The highest BCUT2D eigenvalue weighted by Gasteiger charge is 2.15. The van der Waals surface area contributed by atoms with Crippen molar-refractivity contribution in [2.24, 2.45) is 0 Å². The van der Waals surface area contributed by atoms with Gasteiger partial charge in [0.15, 0.2) is 0 Å². The quantitative estimate of drug-likeness (QED) is 0.729. The molecule has 1 aliphatic heterocycles. The number of allylic oxidation sites excluding steroid dienone is 2. The summed E-state index contributed by atoms with van der Waals surface area (Å²) in [7, 11) is 0. The third kappa shape index (κ3) is 2.34. The average molecular weight is 191 g/mol. The summed E-state index contributed by atoms with van der Waals surface area (Å²) in [5.41, 5.74) is 3.06. The number of hydrogen-bond donors (Lipinski definition) is 1. The van der Waals surface area contributed by atoms with E-state index in [0.29, 0.717) is 0 Å². The Kier molecular flexibility index (Phi) is 3.69. The molecule has 1 amide bonds. The molecule has 0 fully saturated rings. The van der Waals surface area contributed by atoms with Crippen LogP contribution in [-0.4, -0.2) is 12.5 Å². The maximum Gasteiger partial charge on any atom is 0.251 e. The summed E-state index contributed by atoms with van der Waals surface area (Å²) < 4.78 is 0. The highest BCUT2D eigenvalue weighted by atomic mass is 16.1. The maximum atomic E-state index is 11.6. The summed E-state index contributed by atoms with van der Waals surface area (Å²) in [5.74, 6) is 0.0268. The molecular weight excluding hydrogens is 174 g/mol. The van der Waals surface area contributed by atoms with Crippen LogP contribution in [0.5, 0.6) is 0 Å². The van der Waals surface area contributed by atoms with Gasteiger partial charge in [0.25, 0.3) is 5.91 Å². The molecule has 0 aromatic heterocycles. The van der Waals surface area contributed by atoms with Crippen LogP contribution in [0.25, 0.3) is 0 Å². The van der Waals surface area contributed by atoms with Gasteiger partial charge in [0.05, 0.1) is 0 Å². The Balaban J connectivity index is 3.05. The SMILES string of the molecule is C=CC1=C(/C=C(\C)CC)C(=O)NCC1. The third-order valence-electron chi connectivity index (χ3n) is 2.47. The lowest BCUT2D eigenvalue weighted by Gasteiger charge is -2.16. The highest BCUT2D eigenvalue weighted by Crippen LogP contribution is 2.17. The molecule has 0 aromatic carbocycles. The molecule has 0 bridgehead atoms. The average Bonchev–Trinajstić information content (AvgIpc) is 2.20. The third-order valence-corrected chi connectivity index (χ3v) is 2.47. The van der Waals surface area contributed by atoms with E-state index in [0.717, 1.165) is 30.5 Å². The topological polar surface area (TPSA) is 29.1 Å². The first-order valence-corrected chi connectivity index (χ1v) is 5.00. The number of carbonyl (C=O) groups excluding carboxylic acids is 1. The molecule has 1 heterocycles. The van der Waals surface area contributed by atoms with E-state index in [1.807, 2.05) is 13.0 Å². The Morgan fingerprint density at radius 3 is 2.93 bits per heavy atom. The Hall–Kier alpha value is -1.31. The zero-order valence-corrected chi connectivity index (χ0v) is 8.89. The minimum atomic E-state index is 0.0268. The van der Waals surface area contributed by atoms with E-state index in [-0.39, 0.29) is 5.91 Å². The van der Waals surface area contributed by atoms with E-state index in [1.165, 1.54) is 5.57 Å². The van der Waals surface area contributed by atoms with Crippen LogP contribution < -0.4 is 5.32 Å². The second-order valence-electron chi connectivity index (χ2n) is 3.49. The number of carbonyl (C=O) groups is 1. The van der Waals surface area contributed by atoms with Crippen LogP contribution in [0.1, 0.15) is 26.7 Å². The van der Waals surface area contributed by atoms with Gasteiger partial charge in [-0.25, -0.2) is 0 Å². The lowest BCUT2D eigenvalue weighted by Crippen LogP contribution is -2.30. The van der Waals surface area contributed by atoms with Gasteiger partial charge >= 0.3 is 0 Å². The predicted octanol–water partition coefficient (Wildman–Crippen LogP) is 2.35. The summed E-state index contributed by atoms with van der Waals surface area (Å²) in [6.45, 7) is 8.58. The molecular formula is C12H17NO. The van der Waals surface area contributed by atoms with Gasteiger partial charge < -0.3 is 5.32 Å². The van der Waals surface area contributed by atoms with Crippen LogP contribution in [0.15, 0.2) is 35.5 Å². The number of amides is 1. The normalized spacial score (nSPS) is 18.1. The zero-order valence-electron chi connectivity index (χ0n) is 8.89. The van der Waals surface area contributed by atoms with Crippen LogP contribution in [0.3, 0.4) is 0 Å². The van der Waals surface area contributed by atoms with Gasteiger partial charge in [0, 0.05) is 12.1 Å². The van der Waals surface area contributed by atoms with Gasteiger partial charge in [-0.15, -0.1) is 0 Å². The molecule has 0 spiro atoms. The molecule has 0 unspecified atom stereocenters. The standard InChI is InChI=1S/C12H17NO/c1-4-9(3)8-11-10(5-2)6-7-13-12(11)14/h5,8H,2,4,6-7H2,1,3H3,(H,13,14)/b9-8+. The van der Waals surface area contributed by atoms with Crippen molar-refractivity contribution in [1.29, 1.82) is 0 Å². The Bertz CT molecular complexity index is 310. The summed E-state index contributed by atoms with van der Waals surface area (Å²) in [5, 5.41) is 2.84. The van der Waals surface area contributed by atoms with Crippen molar-refractivity contribution in [3.8, 4) is 0 Å². The van der Waals surface area contributed by atoms with Gasteiger partial charge in [0.2, 0.25) is 0 Å². The lowest BCUT2D eigenvalue weighted by atomic mass is 9.98. The maximum absolute atomic E-state index is 11.6. The zero-order chi connectivity index (χ0) is 10.6. The summed E-state index contributed by atoms with van der Waals surface area (Å²) >= 11 is 0. The second kappa shape index (κ2) is 4.80. The summed E-state index contributed by atoms with van der Waals surface area (Å²) in [6.07, 6.45) is 5.61. The van der Waals surface area contributed by atoms with Crippen LogP contribution >= 0.6 is 0 Å². The van der Waals surface area contributed by atoms with Crippen LogP contribution in [0.2, 0.25) is 0 Å². The molecule has 2 nitrogen and oxygen atoms in total. The predicted molar refractivity (Wildman–Crippen MR) is 58.9 cm³/mol. The minimum absolute atomic E-state index is 0.0268. The van der Waals surface area contributed by atoms with E-state index in [4.69, 9.17) is 0 Å². The fraction of sp³-hybridized carbons (Fsp3) is 0.417. The van der Waals surface area contributed by atoms with Gasteiger partial charge in [-0.2, -0.15) is 0 Å². The van der Waals surface area contributed by atoms with Crippen molar-refractivity contribution in [1.82, 2.24) is 5.32 Å². The summed E-state index contributed by atoms with van der Waals surface area (Å²) in [6, 6.07) is 0. The lowest BCUT2D eigenvalue weighted by molar-refractivity contribution is -0.117. The van der Waals surface area contributed by atoms with Crippen molar-refractivity contribution < 1.29 is 4.79 Å². The van der Waals surface area contributed by atoms with Crippen LogP contribution in [0, 0.1) is 0 Å². The van der Waals surface area contributed by atoms with Crippen molar-refractivity contribution in [3.05, 3.63) is 35.5 Å². The number of hydrogen-bond acceptors (Lipinski definition) is 1. The van der Waals surface area contributed by atoms with Crippen LogP contribution in [0.4, 0.5) is 0 Å². The van der Waals surface area contributed by atoms with Crippen molar-refractivity contribution in [3.63, 3.8) is 0 Å². The molecule has 0 saturated heterocycles. The number of nitrogens with one attached hydrogen (secondary N) is 1. The summed E-state index contributed by atoms with van der Waals surface area (Å²) in [4.78, 5) is 11.6. The molecule has 0 atom stereocenters. The van der Waals surface area contributed by atoms with E-state index < -0.39 is 0 Å². The molecule has 1 rings (SSSR count). The number of rotatable bonds is 3. The minimum Gasteiger partial charge on any atom is -0.352 e. The first kappa shape index (κ1) is 10.8. The Morgan fingerprint density at radius 2 is 2.36 bits per heavy atom. The Labute approximate surface area is 85.4 Å². The monoisotopic (exact) mass is 191 g/mol. The van der Waals surface area contributed by atoms with Crippen LogP contribution in [-0.2, 0) is 4.79 Å². The van der Waals surface area contributed by atoms with E-state index in [9.17, 15) is 4.79 Å². The Morgan fingerprint density at radius 1 is 1.64 bits per heavy atom. The van der Waals surface area contributed by atoms with E-state index >= 15 is 0 Å². The molecule has 1 aliphatic rings. The molecule has 1 N–H and O–H groups in total. The fourth-order valence-corrected chi connectivity index (χ4v) is 1.41. The van der Waals surface area contributed by atoms with Crippen molar-refractivity contribution in [2.45, 2.75) is 26.7 Å². The second-order valence-corrected chi connectivity index (χ2v) is 3.49. The molecule has 0 aliphatic carbocycles. The molecule has 0 saturated carbocycles. The highest BCUT2D eigenvalue weighted by molar-refractivity contribution is 5.98. The van der Waals surface area contributed by atoms with Gasteiger partial charge in [-0.05, 0) is 25.3 Å².